The molecule has 0 aliphatic carbocycles. The first kappa shape index (κ1) is 18.8. The van der Waals surface area contributed by atoms with Crippen LogP contribution >= 0.6 is 0 Å². The average Bonchev–Trinajstić information content (AvgIpc) is 2.41. The Morgan fingerprint density at radius 1 is 1.17 bits per heavy atom. The zero-order valence-corrected chi connectivity index (χ0v) is 14.3. The van der Waals surface area contributed by atoms with Crippen molar-refractivity contribution in [3.05, 3.63) is 29.8 Å². The smallest absolute Gasteiger partial charge is 0.407 e. The predicted octanol–water partition coefficient (Wildman–Crippen LogP) is 3.20. The Hall–Kier alpha value is -2.24. The van der Waals surface area contributed by atoms with Crippen molar-refractivity contribution in [2.45, 2.75) is 52.9 Å². The molecule has 0 fully saturated rings. The van der Waals surface area contributed by atoms with Gasteiger partial charge in [0.05, 0.1) is 0 Å². The molecule has 1 amide bonds. The van der Waals surface area contributed by atoms with Gasteiger partial charge in [0.25, 0.3) is 0 Å². The minimum Gasteiger partial charge on any atom is -0.478 e. The Morgan fingerprint density at radius 2 is 1.74 bits per heavy atom. The van der Waals surface area contributed by atoms with Crippen molar-refractivity contribution in [1.29, 1.82) is 0 Å². The molecule has 0 aromatic heterocycles. The summed E-state index contributed by atoms with van der Waals surface area (Å²) in [6, 6.07) is 6.91. The Labute approximate surface area is 136 Å². The number of benzene rings is 1. The molecule has 0 radical (unpaired) electrons. The summed E-state index contributed by atoms with van der Waals surface area (Å²) in [6.45, 7) is 9.29. The summed E-state index contributed by atoms with van der Waals surface area (Å²) in [5, 5.41) is 11.8. The van der Waals surface area contributed by atoms with Crippen LogP contribution in [0.3, 0.4) is 0 Å². The van der Waals surface area contributed by atoms with Crippen LogP contribution in [0.25, 0.3) is 0 Å². The van der Waals surface area contributed by atoms with E-state index in [2.05, 4.69) is 5.32 Å². The van der Waals surface area contributed by atoms with Gasteiger partial charge in [-0.3, -0.25) is 0 Å². The Kier molecular flexibility index (Phi) is 6.42. The number of carboxylic acids is 1. The molecule has 1 aromatic rings. The van der Waals surface area contributed by atoms with Crippen LogP contribution in [0.2, 0.25) is 0 Å². The van der Waals surface area contributed by atoms with Gasteiger partial charge < -0.3 is 19.9 Å². The zero-order chi connectivity index (χ0) is 17.6. The molecule has 2 N–H and O–H groups in total. The molecular weight excluding hydrogens is 298 g/mol. The molecule has 0 bridgehead atoms. The molecule has 0 aliphatic rings. The summed E-state index contributed by atoms with van der Waals surface area (Å²) in [7, 11) is 0. The summed E-state index contributed by atoms with van der Waals surface area (Å²) in [6.07, 6.45) is -1.37. The number of hydrogen-bond acceptors (Lipinski definition) is 4. The molecular formula is C17H25NO5. The second-order valence-electron chi connectivity index (χ2n) is 6.62. The molecule has 1 unspecified atom stereocenters. The first-order valence-electron chi connectivity index (χ1n) is 7.54. The summed E-state index contributed by atoms with van der Waals surface area (Å²) in [5.74, 6) is -0.649. The number of amides is 1. The molecule has 23 heavy (non-hydrogen) atoms. The van der Waals surface area contributed by atoms with E-state index in [0.717, 1.165) is 5.56 Å². The lowest BCUT2D eigenvalue weighted by molar-refractivity contribution is -0.147. The number of ether oxygens (including phenoxy) is 2. The highest BCUT2D eigenvalue weighted by Gasteiger charge is 2.23. The lowest BCUT2D eigenvalue weighted by Gasteiger charge is -2.20. The van der Waals surface area contributed by atoms with Crippen molar-refractivity contribution in [3.63, 3.8) is 0 Å². The molecule has 0 spiro atoms. The molecule has 0 saturated heterocycles. The van der Waals surface area contributed by atoms with Crippen molar-refractivity contribution >= 4 is 12.1 Å². The highest BCUT2D eigenvalue weighted by atomic mass is 16.6. The number of nitrogens with one attached hydrogen (secondary N) is 1. The van der Waals surface area contributed by atoms with Crippen LogP contribution in [0.4, 0.5) is 4.79 Å². The predicted molar refractivity (Wildman–Crippen MR) is 86.4 cm³/mol. The molecule has 0 heterocycles. The van der Waals surface area contributed by atoms with E-state index in [1.807, 2.05) is 0 Å². The molecule has 0 aliphatic heterocycles. The number of aliphatic carboxylic acids is 1. The van der Waals surface area contributed by atoms with Crippen LogP contribution in [0, 0.1) is 5.92 Å². The van der Waals surface area contributed by atoms with Crippen molar-refractivity contribution in [2.75, 3.05) is 0 Å². The summed E-state index contributed by atoms with van der Waals surface area (Å²) in [4.78, 5) is 22.7. The molecule has 6 heteroatoms. The van der Waals surface area contributed by atoms with E-state index in [4.69, 9.17) is 14.6 Å². The maximum Gasteiger partial charge on any atom is 0.407 e. The van der Waals surface area contributed by atoms with Gasteiger partial charge in [-0.2, -0.15) is 0 Å². The van der Waals surface area contributed by atoms with E-state index >= 15 is 0 Å². The van der Waals surface area contributed by atoms with E-state index < -0.39 is 23.8 Å². The van der Waals surface area contributed by atoms with Crippen LogP contribution in [-0.2, 0) is 16.1 Å². The van der Waals surface area contributed by atoms with Gasteiger partial charge in [0.2, 0.25) is 0 Å². The number of carbonyl (C=O) groups excluding carboxylic acids is 1. The van der Waals surface area contributed by atoms with Gasteiger partial charge in [-0.1, -0.05) is 26.0 Å². The molecule has 128 valence electrons. The lowest BCUT2D eigenvalue weighted by Crippen LogP contribution is -2.32. The monoisotopic (exact) mass is 323 g/mol. The number of carbonyl (C=O) groups is 2. The van der Waals surface area contributed by atoms with Gasteiger partial charge in [-0.05, 0) is 38.5 Å². The fourth-order valence-corrected chi connectivity index (χ4v) is 1.79. The maximum absolute atomic E-state index is 11.6. The fourth-order valence-electron chi connectivity index (χ4n) is 1.79. The quantitative estimate of drug-likeness (QED) is 0.840. The molecule has 1 atom stereocenters. The van der Waals surface area contributed by atoms with Crippen LogP contribution in [0.5, 0.6) is 5.75 Å². The Bertz CT molecular complexity index is 531. The van der Waals surface area contributed by atoms with E-state index in [9.17, 15) is 9.59 Å². The fraction of sp³-hybridized carbons (Fsp3) is 0.529. The van der Waals surface area contributed by atoms with Gasteiger partial charge in [0.1, 0.15) is 11.4 Å². The van der Waals surface area contributed by atoms with E-state index in [1.54, 1.807) is 58.9 Å². The number of hydrogen-bond donors (Lipinski definition) is 2. The normalized spacial score (nSPS) is 12.6. The molecule has 1 aromatic carbocycles. The summed E-state index contributed by atoms with van der Waals surface area (Å²) >= 11 is 0. The van der Waals surface area contributed by atoms with Crippen LogP contribution in [0.1, 0.15) is 40.2 Å². The molecule has 0 saturated carbocycles. The van der Waals surface area contributed by atoms with Crippen LogP contribution < -0.4 is 10.1 Å². The summed E-state index contributed by atoms with van der Waals surface area (Å²) in [5.41, 5.74) is 0.324. The number of alkyl carbamates (subject to hydrolysis) is 1. The highest BCUT2D eigenvalue weighted by Crippen LogP contribution is 2.17. The van der Waals surface area contributed by atoms with Crippen molar-refractivity contribution in [2.24, 2.45) is 5.92 Å². The average molecular weight is 323 g/mol. The lowest BCUT2D eigenvalue weighted by atomic mass is 10.1. The van der Waals surface area contributed by atoms with E-state index in [1.165, 1.54) is 0 Å². The number of carboxylic acid groups (broad SMARTS) is 1. The minimum absolute atomic E-state index is 0.138. The van der Waals surface area contributed by atoms with Crippen LogP contribution in [0.15, 0.2) is 24.3 Å². The Balaban J connectivity index is 2.57. The van der Waals surface area contributed by atoms with Gasteiger partial charge >= 0.3 is 12.1 Å². The topological polar surface area (TPSA) is 84.9 Å². The van der Waals surface area contributed by atoms with Crippen molar-refractivity contribution < 1.29 is 24.2 Å². The van der Waals surface area contributed by atoms with Crippen molar-refractivity contribution in [1.82, 2.24) is 5.32 Å². The Morgan fingerprint density at radius 3 is 2.17 bits per heavy atom. The standard InChI is InChI=1S/C17H25NO5/c1-11(2)14(15(19)20)22-13-8-6-12(7-9-13)10-18-16(21)23-17(3,4)5/h6-9,11,14H,10H2,1-5H3,(H,18,21)(H,19,20). The van der Waals surface area contributed by atoms with Gasteiger partial charge in [0, 0.05) is 12.5 Å². The van der Waals surface area contributed by atoms with Gasteiger partial charge in [-0.25, -0.2) is 9.59 Å². The first-order chi connectivity index (χ1) is 10.6. The second-order valence-corrected chi connectivity index (χ2v) is 6.62. The highest BCUT2D eigenvalue weighted by molar-refractivity contribution is 5.73. The summed E-state index contributed by atoms with van der Waals surface area (Å²) < 4.78 is 10.6. The second kappa shape index (κ2) is 7.85. The third-order valence-electron chi connectivity index (χ3n) is 2.87. The van der Waals surface area contributed by atoms with E-state index in [-0.39, 0.29) is 5.92 Å². The number of rotatable bonds is 6. The van der Waals surface area contributed by atoms with Crippen LogP contribution in [-0.4, -0.2) is 28.9 Å². The largest absolute Gasteiger partial charge is 0.478 e. The minimum atomic E-state index is -0.990. The SMILES string of the molecule is CC(C)C(Oc1ccc(CNC(=O)OC(C)(C)C)cc1)C(=O)O. The molecule has 1 rings (SSSR count). The van der Waals surface area contributed by atoms with E-state index in [0.29, 0.717) is 12.3 Å². The third-order valence-corrected chi connectivity index (χ3v) is 2.87. The van der Waals surface area contributed by atoms with Crippen molar-refractivity contribution in [3.8, 4) is 5.75 Å². The zero-order valence-electron chi connectivity index (χ0n) is 14.3. The molecule has 6 nitrogen and oxygen atoms in total. The van der Waals surface area contributed by atoms with Gasteiger partial charge in [-0.15, -0.1) is 0 Å². The maximum atomic E-state index is 11.6. The third kappa shape index (κ3) is 7.04. The van der Waals surface area contributed by atoms with Gasteiger partial charge in [0.15, 0.2) is 6.10 Å². The first-order valence-corrected chi connectivity index (χ1v) is 7.54.